The van der Waals surface area contributed by atoms with E-state index in [-0.39, 0.29) is 5.41 Å². The van der Waals surface area contributed by atoms with E-state index in [9.17, 15) is 0 Å². The molecule has 0 saturated heterocycles. The Morgan fingerprint density at radius 3 is 2.39 bits per heavy atom. The van der Waals surface area contributed by atoms with Crippen molar-refractivity contribution in [2.45, 2.75) is 19.3 Å². The van der Waals surface area contributed by atoms with E-state index in [0.29, 0.717) is 5.95 Å². The van der Waals surface area contributed by atoms with Crippen LogP contribution in [-0.4, -0.2) is 24.5 Å². The normalized spacial score (nSPS) is 13.7. The summed E-state index contributed by atoms with van der Waals surface area (Å²) < 4.78 is 2.25. The second-order valence-corrected chi connectivity index (χ2v) is 10.4. The van der Waals surface area contributed by atoms with E-state index in [0.717, 1.165) is 33.3 Å². The molecule has 0 bridgehead atoms. The Kier molecular flexibility index (Phi) is 4.22. The van der Waals surface area contributed by atoms with Gasteiger partial charge >= 0.3 is 0 Å². The summed E-state index contributed by atoms with van der Waals surface area (Å²) >= 11 is 0. The number of rotatable bonds is 2. The summed E-state index contributed by atoms with van der Waals surface area (Å²) in [6, 6.07) is 29.6. The van der Waals surface area contributed by atoms with Crippen molar-refractivity contribution in [3.05, 3.63) is 115 Å². The third-order valence-electron chi connectivity index (χ3n) is 7.96. The first kappa shape index (κ1) is 21.2. The molecule has 5 heteroatoms. The van der Waals surface area contributed by atoms with Crippen LogP contribution in [0.4, 0.5) is 0 Å². The molecular weight excluding hydrogens is 466 g/mol. The van der Waals surface area contributed by atoms with Crippen molar-refractivity contribution in [2.24, 2.45) is 0 Å². The average Bonchev–Trinajstić information content (AvgIpc) is 3.42. The molecule has 5 nitrogen and oxygen atoms in total. The van der Waals surface area contributed by atoms with Crippen LogP contribution < -0.4 is 0 Å². The van der Waals surface area contributed by atoms with Crippen molar-refractivity contribution >= 4 is 32.8 Å². The first-order valence-corrected chi connectivity index (χ1v) is 12.8. The molecule has 0 aliphatic heterocycles. The number of hydrogen-bond acceptors (Lipinski definition) is 4. The molecule has 0 unspecified atom stereocenters. The third-order valence-corrected chi connectivity index (χ3v) is 7.96. The van der Waals surface area contributed by atoms with Crippen molar-refractivity contribution in [3.63, 3.8) is 0 Å². The van der Waals surface area contributed by atoms with Crippen molar-refractivity contribution in [1.82, 2.24) is 24.5 Å². The molecule has 0 N–H and O–H groups in total. The maximum atomic E-state index is 5.09. The average molecular weight is 490 g/mol. The largest absolute Gasteiger partial charge is 0.278 e. The molecule has 7 aromatic rings. The first-order chi connectivity index (χ1) is 18.6. The minimum absolute atomic E-state index is 0.251. The molecule has 8 rings (SSSR count). The Bertz CT molecular complexity index is 2050. The number of aromatic nitrogens is 5. The molecule has 0 amide bonds. The van der Waals surface area contributed by atoms with Crippen molar-refractivity contribution in [3.8, 4) is 28.3 Å². The summed E-state index contributed by atoms with van der Waals surface area (Å²) in [7, 11) is 0. The fourth-order valence-electron chi connectivity index (χ4n) is 6.30. The van der Waals surface area contributed by atoms with Gasteiger partial charge in [-0.15, -0.1) is 0 Å². The predicted octanol–water partition coefficient (Wildman–Crippen LogP) is 7.49. The maximum Gasteiger partial charge on any atom is 0.235 e. The van der Waals surface area contributed by atoms with Crippen LogP contribution in [0.25, 0.3) is 61.2 Å². The molecule has 3 aromatic heterocycles. The molecule has 0 fully saturated rings. The van der Waals surface area contributed by atoms with Gasteiger partial charge in [0.1, 0.15) is 0 Å². The standard InChI is InChI=1S/C33H23N5/c1-33(2)24-14-15-26-30(35-19-18-34-26)28(24)23-13-12-22-21-10-6-7-11-27(21)38(31(22)29(23)33)32-36-17-16-25(37-32)20-8-4-3-5-9-20/h3-19H,1-2H3. The van der Waals surface area contributed by atoms with E-state index < -0.39 is 0 Å². The highest BCUT2D eigenvalue weighted by Gasteiger charge is 2.40. The predicted molar refractivity (Wildman–Crippen MR) is 152 cm³/mol. The van der Waals surface area contributed by atoms with Crippen LogP contribution in [0.5, 0.6) is 0 Å². The van der Waals surface area contributed by atoms with Crippen LogP contribution in [0.1, 0.15) is 25.0 Å². The van der Waals surface area contributed by atoms with E-state index in [1.807, 2.05) is 30.5 Å². The molecule has 180 valence electrons. The molecule has 4 aromatic carbocycles. The monoisotopic (exact) mass is 489 g/mol. The van der Waals surface area contributed by atoms with Gasteiger partial charge in [0.05, 0.1) is 27.8 Å². The van der Waals surface area contributed by atoms with Gasteiger partial charge in [-0.2, -0.15) is 0 Å². The number of hydrogen-bond donors (Lipinski definition) is 0. The lowest BCUT2D eigenvalue weighted by molar-refractivity contribution is 0.663. The topological polar surface area (TPSA) is 56.5 Å². The minimum atomic E-state index is -0.251. The van der Waals surface area contributed by atoms with Crippen LogP contribution in [0, 0.1) is 0 Å². The Morgan fingerprint density at radius 2 is 1.50 bits per heavy atom. The van der Waals surface area contributed by atoms with Gasteiger partial charge in [-0.25, -0.2) is 9.97 Å². The van der Waals surface area contributed by atoms with Gasteiger partial charge in [0.2, 0.25) is 5.95 Å². The zero-order chi connectivity index (χ0) is 25.4. The van der Waals surface area contributed by atoms with E-state index in [1.54, 1.807) is 12.4 Å². The zero-order valence-corrected chi connectivity index (χ0v) is 21.1. The molecule has 0 saturated carbocycles. The smallest absolute Gasteiger partial charge is 0.235 e. The van der Waals surface area contributed by atoms with Gasteiger partial charge in [-0.05, 0) is 34.9 Å². The quantitative estimate of drug-likeness (QED) is 0.252. The lowest BCUT2D eigenvalue weighted by Crippen LogP contribution is -2.17. The fourth-order valence-corrected chi connectivity index (χ4v) is 6.30. The van der Waals surface area contributed by atoms with Crippen LogP contribution in [0.2, 0.25) is 0 Å². The summed E-state index contributed by atoms with van der Waals surface area (Å²) in [5.74, 6) is 0.669. The molecule has 1 aliphatic carbocycles. The van der Waals surface area contributed by atoms with Crippen LogP contribution in [0.15, 0.2) is 104 Å². The van der Waals surface area contributed by atoms with E-state index in [2.05, 4.69) is 84.1 Å². The van der Waals surface area contributed by atoms with E-state index in [1.165, 1.54) is 33.0 Å². The summed E-state index contributed by atoms with van der Waals surface area (Å²) in [5.41, 5.74) is 10.7. The highest BCUT2D eigenvalue weighted by Crippen LogP contribution is 2.54. The number of benzene rings is 4. The molecule has 0 spiro atoms. The molecule has 3 heterocycles. The number of fused-ring (bicyclic) bond motifs is 9. The Labute approximate surface area is 219 Å². The summed E-state index contributed by atoms with van der Waals surface area (Å²) in [4.78, 5) is 19.3. The van der Waals surface area contributed by atoms with Gasteiger partial charge in [0.15, 0.2) is 0 Å². The molecule has 0 radical (unpaired) electrons. The van der Waals surface area contributed by atoms with Crippen molar-refractivity contribution in [2.75, 3.05) is 0 Å². The highest BCUT2D eigenvalue weighted by atomic mass is 15.2. The van der Waals surface area contributed by atoms with Crippen LogP contribution >= 0.6 is 0 Å². The molecule has 38 heavy (non-hydrogen) atoms. The third kappa shape index (κ3) is 2.76. The van der Waals surface area contributed by atoms with Crippen LogP contribution in [-0.2, 0) is 5.41 Å². The van der Waals surface area contributed by atoms with E-state index >= 15 is 0 Å². The molecule has 1 aliphatic rings. The fraction of sp³-hybridized carbons (Fsp3) is 0.0909. The van der Waals surface area contributed by atoms with Crippen molar-refractivity contribution < 1.29 is 0 Å². The lowest BCUT2D eigenvalue weighted by Gasteiger charge is -2.23. The SMILES string of the molecule is CC1(C)c2ccc3nccnc3c2-c2ccc3c4ccccc4n(-c4nccc(-c5ccccc5)n4)c3c21. The number of nitrogens with zero attached hydrogens (tertiary/aromatic N) is 5. The van der Waals surface area contributed by atoms with Gasteiger partial charge < -0.3 is 0 Å². The Morgan fingerprint density at radius 1 is 0.684 bits per heavy atom. The minimum Gasteiger partial charge on any atom is -0.278 e. The number of para-hydroxylation sites is 1. The van der Waals surface area contributed by atoms with Gasteiger partial charge in [0.25, 0.3) is 0 Å². The summed E-state index contributed by atoms with van der Waals surface area (Å²) in [5, 5.41) is 2.39. The highest BCUT2D eigenvalue weighted by molar-refractivity contribution is 6.14. The van der Waals surface area contributed by atoms with Gasteiger partial charge in [-0.1, -0.05) is 80.6 Å². The summed E-state index contributed by atoms with van der Waals surface area (Å²) in [6.07, 6.45) is 5.40. The van der Waals surface area contributed by atoms with E-state index in [4.69, 9.17) is 15.0 Å². The van der Waals surface area contributed by atoms with Crippen molar-refractivity contribution in [1.29, 1.82) is 0 Å². The first-order valence-electron chi connectivity index (χ1n) is 12.8. The zero-order valence-electron chi connectivity index (χ0n) is 21.1. The van der Waals surface area contributed by atoms with Crippen LogP contribution in [0.3, 0.4) is 0 Å². The lowest BCUT2D eigenvalue weighted by atomic mass is 9.81. The Balaban J connectivity index is 1.51. The van der Waals surface area contributed by atoms with Gasteiger partial charge in [-0.3, -0.25) is 14.5 Å². The molecular formula is C33H23N5. The Hall–Kier alpha value is -4.90. The maximum absolute atomic E-state index is 5.09. The second kappa shape index (κ2) is 7.56. The second-order valence-electron chi connectivity index (χ2n) is 10.4. The summed E-state index contributed by atoms with van der Waals surface area (Å²) in [6.45, 7) is 4.62. The molecule has 0 atom stereocenters. The van der Waals surface area contributed by atoms with Gasteiger partial charge in [0, 0.05) is 45.9 Å².